The van der Waals surface area contributed by atoms with Gasteiger partial charge in [-0.1, -0.05) is 6.07 Å². The van der Waals surface area contributed by atoms with Crippen molar-refractivity contribution in [2.24, 2.45) is 4.99 Å². The molecule has 16 heavy (non-hydrogen) atoms. The van der Waals surface area contributed by atoms with Crippen LogP contribution in [0.2, 0.25) is 0 Å². The molecule has 0 aliphatic rings. The van der Waals surface area contributed by atoms with Gasteiger partial charge in [0.15, 0.2) is 5.75 Å². The first-order valence-corrected chi connectivity index (χ1v) is 4.50. The summed E-state index contributed by atoms with van der Waals surface area (Å²) < 4.78 is 4.89. The normalized spacial score (nSPS) is 11.4. The lowest BCUT2D eigenvalue weighted by Crippen LogP contribution is -2.00. The quantitative estimate of drug-likeness (QED) is 0.337. The number of nitro benzene ring substituents is 1. The summed E-state index contributed by atoms with van der Waals surface area (Å²) in [6.45, 7) is 1.58. The maximum atomic E-state index is 10.9. The van der Waals surface area contributed by atoms with Gasteiger partial charge in [0, 0.05) is 0 Å². The van der Waals surface area contributed by atoms with Crippen LogP contribution in [0.5, 0.6) is 5.75 Å². The molecule has 1 unspecified atom stereocenters. The molecule has 0 amide bonds. The Bertz CT molecular complexity index is 452. The maximum Gasteiger partial charge on any atom is 0.316 e. The van der Waals surface area contributed by atoms with Crippen molar-refractivity contribution in [1.29, 1.82) is 0 Å². The molecular formula is C10H10N2O4. The number of rotatable bonds is 4. The Morgan fingerprint density at radius 3 is 2.75 bits per heavy atom. The van der Waals surface area contributed by atoms with E-state index in [1.165, 1.54) is 25.3 Å². The van der Waals surface area contributed by atoms with Crippen LogP contribution < -0.4 is 4.74 Å². The molecule has 84 valence electrons. The van der Waals surface area contributed by atoms with E-state index < -0.39 is 11.0 Å². The minimum atomic E-state index is -0.618. The molecule has 0 aromatic heterocycles. The van der Waals surface area contributed by atoms with E-state index in [0.29, 0.717) is 5.56 Å². The van der Waals surface area contributed by atoms with Crippen molar-refractivity contribution in [3.05, 3.63) is 33.9 Å². The Kier molecular flexibility index (Phi) is 3.74. The Balaban J connectivity index is 3.37. The van der Waals surface area contributed by atoms with Crippen molar-refractivity contribution in [3.8, 4) is 5.75 Å². The Morgan fingerprint density at radius 1 is 1.56 bits per heavy atom. The number of hydrogen-bond donors (Lipinski definition) is 0. The van der Waals surface area contributed by atoms with Crippen LogP contribution in [-0.4, -0.2) is 18.1 Å². The van der Waals surface area contributed by atoms with Crippen LogP contribution in [0, 0.1) is 10.1 Å². The van der Waals surface area contributed by atoms with Gasteiger partial charge in [-0.2, -0.15) is 4.99 Å². The number of nitro groups is 1. The van der Waals surface area contributed by atoms with Gasteiger partial charge in [-0.15, -0.1) is 0 Å². The Hall–Kier alpha value is -2.20. The van der Waals surface area contributed by atoms with E-state index in [-0.39, 0.29) is 11.4 Å². The largest absolute Gasteiger partial charge is 0.490 e. The number of ether oxygens (including phenoxy) is 1. The minimum Gasteiger partial charge on any atom is -0.490 e. The van der Waals surface area contributed by atoms with E-state index in [9.17, 15) is 14.9 Å². The molecule has 0 radical (unpaired) electrons. The number of hydrogen-bond acceptors (Lipinski definition) is 5. The standard InChI is InChI=1S/C10H10N2O4/c1-7(11-6-13)8-4-3-5-9(16-2)10(8)12(14)15/h3-5,7H,1-2H3. The highest BCUT2D eigenvalue weighted by Crippen LogP contribution is 2.35. The number of isocyanates is 1. The summed E-state index contributed by atoms with van der Waals surface area (Å²) in [5, 5.41) is 10.9. The molecule has 1 rings (SSSR count). The summed E-state index contributed by atoms with van der Waals surface area (Å²) in [5.74, 6) is 0.149. The zero-order valence-electron chi connectivity index (χ0n) is 8.84. The van der Waals surface area contributed by atoms with Crippen molar-refractivity contribution in [2.45, 2.75) is 13.0 Å². The fraction of sp³-hybridized carbons (Fsp3) is 0.300. The fourth-order valence-electron chi connectivity index (χ4n) is 1.39. The Labute approximate surface area is 91.7 Å². The van der Waals surface area contributed by atoms with Crippen LogP contribution in [0.4, 0.5) is 5.69 Å². The first-order valence-electron chi connectivity index (χ1n) is 4.50. The number of benzene rings is 1. The number of nitrogens with zero attached hydrogens (tertiary/aromatic N) is 2. The lowest BCUT2D eigenvalue weighted by molar-refractivity contribution is -0.386. The van der Waals surface area contributed by atoms with E-state index in [1.807, 2.05) is 0 Å². The van der Waals surface area contributed by atoms with E-state index in [4.69, 9.17) is 4.74 Å². The molecule has 0 fully saturated rings. The van der Waals surface area contributed by atoms with Crippen LogP contribution >= 0.6 is 0 Å². The van der Waals surface area contributed by atoms with Gasteiger partial charge in [0.05, 0.1) is 23.6 Å². The molecule has 0 spiro atoms. The SMILES string of the molecule is COc1cccc(C(C)N=C=O)c1[N+](=O)[O-]. The molecule has 1 aromatic rings. The van der Waals surface area contributed by atoms with Gasteiger partial charge in [0.1, 0.15) is 0 Å². The molecular weight excluding hydrogens is 212 g/mol. The highest BCUT2D eigenvalue weighted by atomic mass is 16.6. The van der Waals surface area contributed by atoms with Crippen molar-refractivity contribution in [3.63, 3.8) is 0 Å². The average Bonchev–Trinajstić information content (AvgIpc) is 2.28. The van der Waals surface area contributed by atoms with Crippen LogP contribution in [-0.2, 0) is 4.79 Å². The van der Waals surface area contributed by atoms with Crippen molar-refractivity contribution in [2.75, 3.05) is 7.11 Å². The first-order chi connectivity index (χ1) is 7.61. The Morgan fingerprint density at radius 2 is 2.25 bits per heavy atom. The number of para-hydroxylation sites is 1. The number of methoxy groups -OCH3 is 1. The molecule has 1 aromatic carbocycles. The number of aliphatic imine (C=N–C) groups is 1. The third-order valence-electron chi connectivity index (χ3n) is 2.13. The molecule has 0 bridgehead atoms. The number of carbonyl (C=O) groups excluding carboxylic acids is 1. The van der Waals surface area contributed by atoms with Crippen molar-refractivity contribution in [1.82, 2.24) is 0 Å². The second-order valence-electron chi connectivity index (χ2n) is 3.05. The van der Waals surface area contributed by atoms with Gasteiger partial charge in [-0.05, 0) is 19.1 Å². The lowest BCUT2D eigenvalue weighted by atomic mass is 10.1. The monoisotopic (exact) mass is 222 g/mol. The van der Waals surface area contributed by atoms with Crippen molar-refractivity contribution < 1.29 is 14.5 Å². The summed E-state index contributed by atoms with van der Waals surface area (Å²) in [7, 11) is 1.35. The average molecular weight is 222 g/mol. The van der Waals surface area contributed by atoms with Gasteiger partial charge in [0.2, 0.25) is 6.08 Å². The van der Waals surface area contributed by atoms with Gasteiger partial charge >= 0.3 is 5.69 Å². The zero-order chi connectivity index (χ0) is 12.1. The van der Waals surface area contributed by atoms with Crippen LogP contribution in [0.15, 0.2) is 23.2 Å². The summed E-state index contributed by atoms with van der Waals surface area (Å²) in [4.78, 5) is 23.9. The zero-order valence-corrected chi connectivity index (χ0v) is 8.84. The second-order valence-corrected chi connectivity index (χ2v) is 3.05. The maximum absolute atomic E-state index is 10.9. The highest BCUT2D eigenvalue weighted by Gasteiger charge is 2.23. The van der Waals surface area contributed by atoms with Crippen LogP contribution in [0.1, 0.15) is 18.5 Å². The van der Waals surface area contributed by atoms with Crippen LogP contribution in [0.3, 0.4) is 0 Å². The molecule has 0 N–H and O–H groups in total. The molecule has 0 heterocycles. The minimum absolute atomic E-state index is 0.149. The van der Waals surface area contributed by atoms with Gasteiger partial charge in [0.25, 0.3) is 0 Å². The molecule has 1 atom stereocenters. The van der Waals surface area contributed by atoms with E-state index in [2.05, 4.69) is 4.99 Å². The predicted molar refractivity (Wildman–Crippen MR) is 56.2 cm³/mol. The molecule has 0 aliphatic carbocycles. The summed E-state index contributed by atoms with van der Waals surface area (Å²) >= 11 is 0. The third kappa shape index (κ3) is 2.24. The molecule has 6 nitrogen and oxygen atoms in total. The van der Waals surface area contributed by atoms with Crippen molar-refractivity contribution >= 4 is 11.8 Å². The molecule has 0 aliphatic heterocycles. The highest BCUT2D eigenvalue weighted by molar-refractivity contribution is 5.54. The second kappa shape index (κ2) is 5.04. The van der Waals surface area contributed by atoms with E-state index >= 15 is 0 Å². The van der Waals surface area contributed by atoms with Gasteiger partial charge in [-0.3, -0.25) is 10.1 Å². The predicted octanol–water partition coefficient (Wildman–Crippen LogP) is 2.00. The van der Waals surface area contributed by atoms with Gasteiger partial charge in [-0.25, -0.2) is 4.79 Å². The van der Waals surface area contributed by atoms with Gasteiger partial charge < -0.3 is 4.74 Å². The van der Waals surface area contributed by atoms with Crippen LogP contribution in [0.25, 0.3) is 0 Å². The first kappa shape index (κ1) is 11.9. The summed E-state index contributed by atoms with van der Waals surface area (Å²) in [6.07, 6.45) is 1.38. The molecule has 6 heteroatoms. The molecule has 0 saturated carbocycles. The lowest BCUT2D eigenvalue weighted by Gasteiger charge is -2.08. The topological polar surface area (TPSA) is 81.8 Å². The fourth-order valence-corrected chi connectivity index (χ4v) is 1.39. The summed E-state index contributed by atoms with van der Waals surface area (Å²) in [5.41, 5.74) is 0.157. The summed E-state index contributed by atoms with van der Waals surface area (Å²) in [6, 6.07) is 4.01. The molecule has 0 saturated heterocycles. The smallest absolute Gasteiger partial charge is 0.316 e. The van der Waals surface area contributed by atoms with E-state index in [1.54, 1.807) is 13.0 Å². The third-order valence-corrected chi connectivity index (χ3v) is 2.13. The van der Waals surface area contributed by atoms with E-state index in [0.717, 1.165) is 0 Å².